The highest BCUT2D eigenvalue weighted by molar-refractivity contribution is 6.35. The van der Waals surface area contributed by atoms with Gasteiger partial charge in [0.05, 0.1) is 0 Å². The number of carbonyl (C=O) groups is 3. The van der Waals surface area contributed by atoms with Crippen molar-refractivity contribution >= 4 is 23.5 Å². The number of likely N-dealkylation sites (tertiary alicyclic amines) is 1. The molecular formula is C25H28N4O5. The van der Waals surface area contributed by atoms with Gasteiger partial charge in [-0.2, -0.15) is 0 Å². The van der Waals surface area contributed by atoms with Gasteiger partial charge >= 0.3 is 17.8 Å². The summed E-state index contributed by atoms with van der Waals surface area (Å²) in [6.45, 7) is 4.72. The molecule has 9 heteroatoms. The number of hydrogen-bond acceptors (Lipinski definition) is 5. The SMILES string of the molecule is Cc1ccc(CN2CCN(C3CCN(C(=O)Nc4ccc5c(c4)OCO5)CC3)C(=O)C2=O)cc1. The molecule has 0 atom stereocenters. The van der Waals surface area contributed by atoms with E-state index < -0.39 is 11.8 Å². The average Bonchev–Trinajstić information content (AvgIpc) is 3.32. The number of rotatable bonds is 4. The fourth-order valence-corrected chi connectivity index (χ4v) is 4.66. The molecule has 2 aromatic carbocycles. The number of piperidine rings is 1. The number of fused-ring (bicyclic) bond motifs is 1. The lowest BCUT2D eigenvalue weighted by Gasteiger charge is -2.42. The summed E-state index contributed by atoms with van der Waals surface area (Å²) in [5.41, 5.74) is 2.82. The van der Waals surface area contributed by atoms with Crippen LogP contribution in [0.25, 0.3) is 0 Å². The minimum atomic E-state index is -0.449. The third-order valence-corrected chi connectivity index (χ3v) is 6.65. The fraction of sp³-hybridized carbons (Fsp3) is 0.400. The van der Waals surface area contributed by atoms with Gasteiger partial charge in [-0.05, 0) is 37.5 Å². The lowest BCUT2D eigenvalue weighted by molar-refractivity contribution is -0.158. The van der Waals surface area contributed by atoms with Gasteiger partial charge in [-0.3, -0.25) is 9.59 Å². The quantitative estimate of drug-likeness (QED) is 0.703. The van der Waals surface area contributed by atoms with Gasteiger partial charge in [0.25, 0.3) is 0 Å². The summed E-state index contributed by atoms with van der Waals surface area (Å²) in [4.78, 5) is 43.4. The molecule has 2 aromatic rings. The summed E-state index contributed by atoms with van der Waals surface area (Å²) in [5.74, 6) is 0.384. The lowest BCUT2D eigenvalue weighted by Crippen LogP contribution is -2.59. The second-order valence-corrected chi connectivity index (χ2v) is 8.93. The molecule has 0 unspecified atom stereocenters. The molecule has 4 amide bonds. The predicted octanol–water partition coefficient (Wildman–Crippen LogP) is 2.59. The smallest absolute Gasteiger partial charge is 0.321 e. The molecular weight excluding hydrogens is 436 g/mol. The molecule has 5 rings (SSSR count). The second-order valence-electron chi connectivity index (χ2n) is 8.93. The Hall–Kier alpha value is -3.75. The van der Waals surface area contributed by atoms with E-state index in [1.54, 1.807) is 32.9 Å². The highest BCUT2D eigenvalue weighted by Gasteiger charge is 2.38. The third-order valence-electron chi connectivity index (χ3n) is 6.65. The standard InChI is InChI=1S/C25H28N4O5/c1-17-2-4-18(5-3-17)15-28-12-13-29(24(31)23(28)30)20-8-10-27(11-9-20)25(32)26-19-6-7-21-22(14-19)34-16-33-21/h2-7,14,20H,8-13,15-16H2,1H3,(H,26,32). The summed E-state index contributed by atoms with van der Waals surface area (Å²) in [6.07, 6.45) is 1.29. The van der Waals surface area contributed by atoms with Crippen LogP contribution in [0.2, 0.25) is 0 Å². The van der Waals surface area contributed by atoms with Gasteiger partial charge in [0.1, 0.15) is 0 Å². The monoisotopic (exact) mass is 464 g/mol. The molecule has 178 valence electrons. The zero-order chi connectivity index (χ0) is 23.7. The number of piperazine rings is 1. The van der Waals surface area contributed by atoms with Crippen LogP contribution in [0.5, 0.6) is 11.5 Å². The molecule has 0 radical (unpaired) electrons. The van der Waals surface area contributed by atoms with Crippen molar-refractivity contribution in [3.8, 4) is 11.5 Å². The maximum Gasteiger partial charge on any atom is 0.321 e. The van der Waals surface area contributed by atoms with Crippen molar-refractivity contribution in [2.75, 3.05) is 38.3 Å². The molecule has 3 aliphatic rings. The number of anilines is 1. The highest BCUT2D eigenvalue weighted by Crippen LogP contribution is 2.34. The normalized spacial score (nSPS) is 18.4. The Bertz CT molecular complexity index is 1090. The first-order valence-corrected chi connectivity index (χ1v) is 11.6. The van der Waals surface area contributed by atoms with E-state index in [4.69, 9.17) is 9.47 Å². The van der Waals surface area contributed by atoms with Crippen LogP contribution in [-0.4, -0.2) is 71.6 Å². The Balaban J connectivity index is 1.13. The first-order chi connectivity index (χ1) is 16.5. The van der Waals surface area contributed by atoms with Crippen LogP contribution >= 0.6 is 0 Å². The average molecular weight is 465 g/mol. The molecule has 0 aliphatic carbocycles. The first-order valence-electron chi connectivity index (χ1n) is 11.6. The van der Waals surface area contributed by atoms with E-state index >= 15 is 0 Å². The Morgan fingerprint density at radius 1 is 0.941 bits per heavy atom. The molecule has 3 heterocycles. The van der Waals surface area contributed by atoms with E-state index in [0.29, 0.717) is 62.8 Å². The molecule has 9 nitrogen and oxygen atoms in total. The molecule has 1 N–H and O–H groups in total. The summed E-state index contributed by atoms with van der Waals surface area (Å²) >= 11 is 0. The van der Waals surface area contributed by atoms with Gasteiger partial charge in [0.15, 0.2) is 11.5 Å². The Kier molecular flexibility index (Phi) is 6.00. The van der Waals surface area contributed by atoms with E-state index in [-0.39, 0.29) is 18.9 Å². The molecule has 0 spiro atoms. The van der Waals surface area contributed by atoms with Crippen molar-refractivity contribution in [3.05, 3.63) is 53.6 Å². The number of amides is 4. The number of aryl methyl sites for hydroxylation is 1. The van der Waals surface area contributed by atoms with Crippen molar-refractivity contribution in [2.45, 2.75) is 32.4 Å². The second kappa shape index (κ2) is 9.24. The summed E-state index contributed by atoms with van der Waals surface area (Å²) in [6, 6.07) is 13.1. The molecule has 0 bridgehead atoms. The van der Waals surface area contributed by atoms with Crippen molar-refractivity contribution in [1.29, 1.82) is 0 Å². The first kappa shape index (κ1) is 22.1. The van der Waals surface area contributed by atoms with Gasteiger partial charge in [0, 0.05) is 50.5 Å². The van der Waals surface area contributed by atoms with E-state index in [1.165, 1.54) is 0 Å². The Labute approximate surface area is 198 Å². The minimum absolute atomic E-state index is 0.0347. The lowest BCUT2D eigenvalue weighted by atomic mass is 10.0. The maximum absolute atomic E-state index is 12.8. The number of ether oxygens (including phenoxy) is 2. The zero-order valence-electron chi connectivity index (χ0n) is 19.2. The van der Waals surface area contributed by atoms with Crippen LogP contribution < -0.4 is 14.8 Å². The van der Waals surface area contributed by atoms with Crippen LogP contribution in [0.15, 0.2) is 42.5 Å². The molecule has 2 fully saturated rings. The maximum atomic E-state index is 12.8. The summed E-state index contributed by atoms with van der Waals surface area (Å²) in [7, 11) is 0. The summed E-state index contributed by atoms with van der Waals surface area (Å²) < 4.78 is 10.7. The van der Waals surface area contributed by atoms with Crippen molar-refractivity contribution < 1.29 is 23.9 Å². The number of carbonyl (C=O) groups excluding carboxylic acids is 3. The van der Waals surface area contributed by atoms with Gasteiger partial charge in [-0.1, -0.05) is 29.8 Å². The number of urea groups is 1. The van der Waals surface area contributed by atoms with Gasteiger partial charge in [-0.15, -0.1) is 0 Å². The van der Waals surface area contributed by atoms with Gasteiger partial charge < -0.3 is 29.5 Å². The van der Waals surface area contributed by atoms with Crippen molar-refractivity contribution in [3.63, 3.8) is 0 Å². The number of hydrogen-bond donors (Lipinski definition) is 1. The summed E-state index contributed by atoms with van der Waals surface area (Å²) in [5, 5.41) is 2.89. The van der Waals surface area contributed by atoms with Crippen LogP contribution in [0, 0.1) is 6.92 Å². The topological polar surface area (TPSA) is 91.4 Å². The zero-order valence-corrected chi connectivity index (χ0v) is 19.2. The molecule has 2 saturated heterocycles. The Morgan fingerprint density at radius 2 is 1.68 bits per heavy atom. The van der Waals surface area contributed by atoms with Crippen molar-refractivity contribution in [1.82, 2.24) is 14.7 Å². The number of nitrogens with zero attached hydrogens (tertiary/aromatic N) is 3. The molecule has 34 heavy (non-hydrogen) atoms. The minimum Gasteiger partial charge on any atom is -0.454 e. The van der Waals surface area contributed by atoms with Crippen LogP contribution in [-0.2, 0) is 16.1 Å². The van der Waals surface area contributed by atoms with E-state index in [0.717, 1.165) is 11.1 Å². The van der Waals surface area contributed by atoms with E-state index in [1.807, 2.05) is 31.2 Å². The van der Waals surface area contributed by atoms with Crippen LogP contribution in [0.1, 0.15) is 24.0 Å². The molecule has 0 aromatic heterocycles. The molecule has 0 saturated carbocycles. The van der Waals surface area contributed by atoms with Crippen molar-refractivity contribution in [2.24, 2.45) is 0 Å². The van der Waals surface area contributed by atoms with Gasteiger partial charge in [-0.25, -0.2) is 4.79 Å². The van der Waals surface area contributed by atoms with Gasteiger partial charge in [0.2, 0.25) is 6.79 Å². The number of benzene rings is 2. The fourth-order valence-electron chi connectivity index (χ4n) is 4.66. The highest BCUT2D eigenvalue weighted by atomic mass is 16.7. The van der Waals surface area contributed by atoms with E-state index in [9.17, 15) is 14.4 Å². The van der Waals surface area contributed by atoms with E-state index in [2.05, 4.69) is 5.32 Å². The molecule has 3 aliphatic heterocycles. The predicted molar refractivity (Wildman–Crippen MR) is 124 cm³/mol. The Morgan fingerprint density at radius 3 is 2.44 bits per heavy atom. The largest absolute Gasteiger partial charge is 0.454 e. The van der Waals surface area contributed by atoms with Crippen LogP contribution in [0.4, 0.5) is 10.5 Å². The van der Waals surface area contributed by atoms with Crippen LogP contribution in [0.3, 0.4) is 0 Å². The third kappa shape index (κ3) is 4.50. The number of nitrogens with one attached hydrogen (secondary N) is 1.